The molecule has 0 aromatic rings. The minimum atomic E-state index is 0. The van der Waals surface area contributed by atoms with Gasteiger partial charge in [0.15, 0.2) is 0 Å². The molecule has 0 bridgehead atoms. The first-order valence-electron chi connectivity index (χ1n) is 28.1. The van der Waals surface area contributed by atoms with Crippen LogP contribution in [0, 0.1) is 82.9 Å². The van der Waals surface area contributed by atoms with Gasteiger partial charge in [0.05, 0.1) is 0 Å². The topological polar surface area (TPSA) is 0 Å². The van der Waals surface area contributed by atoms with Gasteiger partial charge < -0.3 is 0 Å². The van der Waals surface area contributed by atoms with Crippen LogP contribution < -0.4 is 0 Å². The second-order valence-corrected chi connectivity index (χ2v) is 21.7. The third-order valence-corrected chi connectivity index (χ3v) is 17.4. The van der Waals surface area contributed by atoms with Gasteiger partial charge in [0.2, 0.25) is 0 Å². The first-order valence-corrected chi connectivity index (χ1v) is 28.1. The van der Waals surface area contributed by atoms with Gasteiger partial charge in [-0.3, -0.25) is 0 Å². The number of hydrogen-bond donors (Lipinski definition) is 0. The van der Waals surface area contributed by atoms with Crippen LogP contribution in [-0.4, -0.2) is 0 Å². The van der Waals surface area contributed by atoms with Crippen molar-refractivity contribution in [1.29, 1.82) is 0 Å². The number of unbranched alkanes of at least 4 members (excludes halogenated alkanes) is 4. The average molecular weight is 942 g/mol. The Bertz CT molecular complexity index is 872. The highest BCUT2D eigenvalue weighted by Crippen LogP contribution is 2.49. The van der Waals surface area contributed by atoms with Crippen molar-refractivity contribution in [3.05, 3.63) is 0 Å². The Kier molecular flexibility index (Phi) is 64.5. The van der Waals surface area contributed by atoms with Crippen LogP contribution in [-0.2, 0) is 0 Å². The molecule has 3 saturated carbocycles. The molecule has 0 heteroatoms. The van der Waals surface area contributed by atoms with Crippen LogP contribution in [0.3, 0.4) is 0 Å². The molecule has 412 valence electrons. The molecule has 3 rings (SSSR count). The number of rotatable bonds is 19. The van der Waals surface area contributed by atoms with Gasteiger partial charge in [0.25, 0.3) is 0 Å². The van der Waals surface area contributed by atoms with Gasteiger partial charge in [0.1, 0.15) is 0 Å². The molecule has 12 unspecified atom stereocenters. The van der Waals surface area contributed by atoms with Gasteiger partial charge in [0, 0.05) is 0 Å². The summed E-state index contributed by atoms with van der Waals surface area (Å²) >= 11 is 0. The lowest BCUT2D eigenvalue weighted by atomic mass is 9.61. The Hall–Kier alpha value is 0. The van der Waals surface area contributed by atoms with E-state index in [1.807, 2.05) is 13.8 Å². The largest absolute Gasteiger partial charge is 0.0776 e. The third kappa shape index (κ3) is 30.7. The van der Waals surface area contributed by atoms with Gasteiger partial charge in [-0.25, -0.2) is 0 Å². The fourth-order valence-corrected chi connectivity index (χ4v) is 13.8. The van der Waals surface area contributed by atoms with Crippen molar-refractivity contribution >= 4 is 0 Å². The molecule has 0 radical (unpaired) electrons. The monoisotopic (exact) mass is 941 g/mol. The van der Waals surface area contributed by atoms with Crippen molar-refractivity contribution in [2.75, 3.05) is 0 Å². The van der Waals surface area contributed by atoms with Crippen molar-refractivity contribution in [3.63, 3.8) is 0 Å². The summed E-state index contributed by atoms with van der Waals surface area (Å²) < 4.78 is 0. The second kappa shape index (κ2) is 51.4. The minimum absolute atomic E-state index is 0. The predicted molar refractivity (Wildman–Crippen MR) is 321 cm³/mol. The molecule has 0 aliphatic heterocycles. The molecule has 0 amide bonds. The molecular weight excluding hydrogens is 793 g/mol. The summed E-state index contributed by atoms with van der Waals surface area (Å²) in [5.41, 5.74) is 0. The minimum Gasteiger partial charge on any atom is -0.0776 e. The standard InChI is InChI=1S/C53H102.C3H8.C2H6.8CH4/c1-11-17-20-29-49(45(15-5)28-19-13-3)39-52-41(8)24-21-30-48(31-22-25-42(52)9)53-38-46(16-6)51(32-23-26-43(53)10)50-36-35-47(34-33-40(7)37-50)44(14-4)27-18-12-2;1-3-2;1-2;;;;;;;;/h40-53H,11-39H2,1-10H3;3H2,1-2H3;1-2H3;8*1H4. The van der Waals surface area contributed by atoms with Crippen molar-refractivity contribution in [1.82, 2.24) is 0 Å². The molecule has 66 heavy (non-hydrogen) atoms. The highest BCUT2D eigenvalue weighted by atomic mass is 14.4. The summed E-state index contributed by atoms with van der Waals surface area (Å²) in [6, 6.07) is 0. The maximum Gasteiger partial charge on any atom is -0.0357 e. The van der Waals surface area contributed by atoms with E-state index in [9.17, 15) is 0 Å². The molecule has 3 fully saturated rings. The fraction of sp³-hybridized carbons (Fsp3) is 1.00. The summed E-state index contributed by atoms with van der Waals surface area (Å²) in [6.07, 6.45) is 44.3. The van der Waals surface area contributed by atoms with E-state index in [4.69, 9.17) is 0 Å². The molecule has 0 spiro atoms. The van der Waals surface area contributed by atoms with E-state index in [-0.39, 0.29) is 59.4 Å². The van der Waals surface area contributed by atoms with Crippen molar-refractivity contribution in [2.45, 2.75) is 349 Å². The van der Waals surface area contributed by atoms with E-state index in [0.717, 1.165) is 82.9 Å². The van der Waals surface area contributed by atoms with E-state index in [1.54, 1.807) is 25.7 Å². The maximum atomic E-state index is 2.71. The zero-order chi connectivity index (χ0) is 43.3. The molecule has 3 aliphatic carbocycles. The first-order chi connectivity index (χ1) is 28.1. The lowest BCUT2D eigenvalue weighted by Crippen LogP contribution is -2.34. The van der Waals surface area contributed by atoms with Crippen LogP contribution in [0.15, 0.2) is 0 Å². The van der Waals surface area contributed by atoms with Gasteiger partial charge in [-0.05, 0) is 128 Å². The Morgan fingerprint density at radius 3 is 1.41 bits per heavy atom. The molecule has 0 saturated heterocycles. The van der Waals surface area contributed by atoms with Crippen molar-refractivity contribution in [2.24, 2.45) is 82.9 Å². The Balaban J connectivity index is -0.000000414. The summed E-state index contributed by atoms with van der Waals surface area (Å²) in [4.78, 5) is 0. The zero-order valence-electron chi connectivity index (χ0n) is 43.3. The van der Waals surface area contributed by atoms with Crippen LogP contribution in [0.1, 0.15) is 349 Å². The Morgan fingerprint density at radius 2 is 0.909 bits per heavy atom. The molecular formula is C66H148. The van der Waals surface area contributed by atoms with Gasteiger partial charge >= 0.3 is 0 Å². The van der Waals surface area contributed by atoms with E-state index in [2.05, 4.69) is 83.1 Å². The van der Waals surface area contributed by atoms with Crippen LogP contribution in [0.4, 0.5) is 0 Å². The Labute approximate surface area is 430 Å². The molecule has 3 aliphatic rings. The zero-order valence-corrected chi connectivity index (χ0v) is 43.3. The highest BCUT2D eigenvalue weighted by Gasteiger charge is 2.39. The van der Waals surface area contributed by atoms with Crippen LogP contribution in [0.2, 0.25) is 0 Å². The van der Waals surface area contributed by atoms with Gasteiger partial charge in [-0.2, -0.15) is 0 Å². The van der Waals surface area contributed by atoms with Crippen molar-refractivity contribution < 1.29 is 0 Å². The highest BCUT2D eigenvalue weighted by molar-refractivity contribution is 4.89. The van der Waals surface area contributed by atoms with E-state index in [0.29, 0.717) is 0 Å². The third-order valence-electron chi connectivity index (χ3n) is 17.4. The SMILES string of the molecule is C.C.C.C.C.C.C.C.CC.CCC.CCCCCC(CC1C(C)CCCC(C2CC(CC)C(C3CCC(C(CC)CCCC)CCC(C)C3)CCCC2C)CCCC1C)C(CC)CCCC. The number of hydrogen-bond acceptors (Lipinski definition) is 0. The molecule has 0 nitrogen and oxygen atoms in total. The van der Waals surface area contributed by atoms with E-state index >= 15 is 0 Å². The van der Waals surface area contributed by atoms with E-state index < -0.39 is 0 Å². The Morgan fingerprint density at radius 1 is 0.424 bits per heavy atom. The van der Waals surface area contributed by atoms with Crippen LogP contribution in [0.5, 0.6) is 0 Å². The van der Waals surface area contributed by atoms with Gasteiger partial charge in [-0.15, -0.1) is 0 Å². The predicted octanol–water partition coefficient (Wildman–Crippen LogP) is 25.7. The normalized spacial score (nSPS) is 29.3. The summed E-state index contributed by atoms with van der Waals surface area (Å²) in [7, 11) is 0. The molecule has 0 N–H and O–H groups in total. The maximum absolute atomic E-state index is 2.71. The van der Waals surface area contributed by atoms with E-state index in [1.165, 1.54) is 167 Å². The molecule has 0 aromatic carbocycles. The van der Waals surface area contributed by atoms with Crippen LogP contribution >= 0.6 is 0 Å². The lowest BCUT2D eigenvalue weighted by Gasteiger charge is -2.44. The summed E-state index contributed by atoms with van der Waals surface area (Å²) in [6.45, 7) is 33.8. The average Bonchev–Trinajstić information content (AvgIpc) is 3.21. The van der Waals surface area contributed by atoms with Crippen LogP contribution in [0.25, 0.3) is 0 Å². The fourth-order valence-electron chi connectivity index (χ4n) is 13.8. The smallest absolute Gasteiger partial charge is 0.0357 e. The van der Waals surface area contributed by atoms with Crippen molar-refractivity contribution in [3.8, 4) is 0 Å². The van der Waals surface area contributed by atoms with Gasteiger partial charge in [-0.1, -0.05) is 304 Å². The summed E-state index contributed by atoms with van der Waals surface area (Å²) in [5, 5.41) is 0. The molecule has 12 atom stereocenters. The molecule has 0 aromatic heterocycles. The molecule has 0 heterocycles. The second-order valence-electron chi connectivity index (χ2n) is 21.7. The lowest BCUT2D eigenvalue weighted by molar-refractivity contribution is 0.0625. The summed E-state index contributed by atoms with van der Waals surface area (Å²) in [5.74, 6) is 13.5. The quantitative estimate of drug-likeness (QED) is 0.113. The first kappa shape index (κ1) is 82.9.